The number of amides is 3. The number of hydrogen-bond acceptors (Lipinski definition) is 5. The number of nitrogens with one attached hydrogen (secondary N) is 1. The largest absolute Gasteiger partial charge is 0.337 e. The van der Waals surface area contributed by atoms with Gasteiger partial charge in [0, 0.05) is 5.56 Å². The summed E-state index contributed by atoms with van der Waals surface area (Å²) >= 11 is 0. The van der Waals surface area contributed by atoms with Crippen molar-refractivity contribution in [2.75, 3.05) is 0 Å². The molecule has 0 radical (unpaired) electrons. The van der Waals surface area contributed by atoms with Crippen LogP contribution in [0.5, 0.6) is 0 Å². The summed E-state index contributed by atoms with van der Waals surface area (Å²) in [4.78, 5) is 31.6. The fourth-order valence-electron chi connectivity index (χ4n) is 3.72. The first-order chi connectivity index (χ1) is 14.0. The summed E-state index contributed by atoms with van der Waals surface area (Å²) in [5, 5.41) is 6.89. The standard InChI is InChI=1S/C22H22N4O3/c1-15(2)13-22(17-11-7-4-8-12-17)20(27)26(21(28)24-22)14-18-23-19(25-29-18)16-9-5-3-6-10-16/h3-12,15H,13-14H2,1-2H3,(H,24,28)/t22-/m0/s1. The third-order valence-electron chi connectivity index (χ3n) is 4.95. The van der Waals surface area contributed by atoms with Crippen molar-refractivity contribution in [3.8, 4) is 11.4 Å². The normalized spacial score (nSPS) is 19.1. The van der Waals surface area contributed by atoms with Gasteiger partial charge in [-0.3, -0.25) is 9.69 Å². The van der Waals surface area contributed by atoms with Gasteiger partial charge in [0.2, 0.25) is 11.7 Å². The molecule has 1 fully saturated rings. The SMILES string of the molecule is CC(C)C[C@@]1(c2ccccc2)NC(=O)N(Cc2nc(-c3ccccc3)no2)C1=O. The van der Waals surface area contributed by atoms with Crippen molar-refractivity contribution in [3.05, 3.63) is 72.1 Å². The number of urea groups is 1. The number of imide groups is 1. The second-order valence-corrected chi connectivity index (χ2v) is 7.57. The third kappa shape index (κ3) is 3.51. The predicted octanol–water partition coefficient (Wildman–Crippen LogP) is 3.73. The molecule has 2 aromatic carbocycles. The first-order valence-electron chi connectivity index (χ1n) is 9.57. The van der Waals surface area contributed by atoms with Crippen LogP contribution in [-0.4, -0.2) is 27.0 Å². The van der Waals surface area contributed by atoms with Gasteiger partial charge in [0.25, 0.3) is 5.91 Å². The number of carbonyl (C=O) groups is 2. The van der Waals surface area contributed by atoms with E-state index in [1.165, 1.54) is 0 Å². The molecule has 0 saturated carbocycles. The van der Waals surface area contributed by atoms with Crippen LogP contribution in [0.2, 0.25) is 0 Å². The summed E-state index contributed by atoms with van der Waals surface area (Å²) < 4.78 is 5.30. The summed E-state index contributed by atoms with van der Waals surface area (Å²) in [7, 11) is 0. The molecule has 1 aliphatic rings. The van der Waals surface area contributed by atoms with E-state index in [0.717, 1.165) is 16.0 Å². The van der Waals surface area contributed by atoms with E-state index in [4.69, 9.17) is 4.52 Å². The summed E-state index contributed by atoms with van der Waals surface area (Å²) in [6.45, 7) is 3.98. The fourth-order valence-corrected chi connectivity index (χ4v) is 3.72. The molecule has 1 atom stereocenters. The number of aromatic nitrogens is 2. The highest BCUT2D eigenvalue weighted by molar-refractivity contribution is 6.07. The Kier molecular flexibility index (Phi) is 4.88. The van der Waals surface area contributed by atoms with Crippen LogP contribution in [0.3, 0.4) is 0 Å². The zero-order valence-corrected chi connectivity index (χ0v) is 16.3. The van der Waals surface area contributed by atoms with Gasteiger partial charge in [-0.05, 0) is 17.9 Å². The van der Waals surface area contributed by atoms with Gasteiger partial charge in [-0.2, -0.15) is 4.98 Å². The molecule has 29 heavy (non-hydrogen) atoms. The molecule has 0 aliphatic carbocycles. The minimum absolute atomic E-state index is 0.0722. The quantitative estimate of drug-likeness (QED) is 0.648. The van der Waals surface area contributed by atoms with Crippen molar-refractivity contribution in [2.24, 2.45) is 5.92 Å². The second-order valence-electron chi connectivity index (χ2n) is 7.57. The lowest BCUT2D eigenvalue weighted by atomic mass is 9.82. The lowest BCUT2D eigenvalue weighted by molar-refractivity contribution is -0.132. The lowest BCUT2D eigenvalue weighted by Crippen LogP contribution is -2.45. The molecule has 1 aliphatic heterocycles. The van der Waals surface area contributed by atoms with Crippen LogP contribution in [0.25, 0.3) is 11.4 Å². The van der Waals surface area contributed by atoms with Crippen LogP contribution < -0.4 is 5.32 Å². The van der Waals surface area contributed by atoms with Gasteiger partial charge in [0.15, 0.2) is 0 Å². The summed E-state index contributed by atoms with van der Waals surface area (Å²) in [6, 6.07) is 18.3. The lowest BCUT2D eigenvalue weighted by Gasteiger charge is -2.29. The van der Waals surface area contributed by atoms with Crippen molar-refractivity contribution >= 4 is 11.9 Å². The van der Waals surface area contributed by atoms with E-state index in [1.54, 1.807) is 0 Å². The Balaban J connectivity index is 1.62. The molecule has 3 aromatic rings. The molecule has 0 spiro atoms. The van der Waals surface area contributed by atoms with Crippen LogP contribution in [-0.2, 0) is 16.9 Å². The number of rotatable bonds is 6. The predicted molar refractivity (Wildman–Crippen MR) is 106 cm³/mol. The Morgan fingerprint density at radius 2 is 1.69 bits per heavy atom. The topological polar surface area (TPSA) is 88.3 Å². The van der Waals surface area contributed by atoms with Gasteiger partial charge in [-0.25, -0.2) is 4.79 Å². The smallest absolute Gasteiger partial charge is 0.325 e. The molecule has 1 aromatic heterocycles. The molecule has 4 rings (SSSR count). The van der Waals surface area contributed by atoms with Crippen molar-refractivity contribution in [1.29, 1.82) is 0 Å². The maximum Gasteiger partial charge on any atom is 0.325 e. The van der Waals surface area contributed by atoms with Crippen LogP contribution in [0.4, 0.5) is 4.79 Å². The summed E-state index contributed by atoms with van der Waals surface area (Å²) in [6.07, 6.45) is 0.497. The zero-order chi connectivity index (χ0) is 20.4. The molecule has 7 nitrogen and oxygen atoms in total. The van der Waals surface area contributed by atoms with Crippen molar-refractivity contribution in [1.82, 2.24) is 20.4 Å². The molecule has 3 amide bonds. The Morgan fingerprint density at radius 3 is 2.34 bits per heavy atom. The highest BCUT2D eigenvalue weighted by atomic mass is 16.5. The first kappa shape index (κ1) is 18.9. The average molecular weight is 390 g/mol. The Labute approximate surface area is 168 Å². The number of benzene rings is 2. The minimum atomic E-state index is -1.09. The van der Waals surface area contributed by atoms with Crippen LogP contribution in [0, 0.1) is 5.92 Å². The van der Waals surface area contributed by atoms with Gasteiger partial charge in [0.1, 0.15) is 12.1 Å². The molecular weight excluding hydrogens is 368 g/mol. The number of nitrogens with zero attached hydrogens (tertiary/aromatic N) is 3. The van der Waals surface area contributed by atoms with Crippen LogP contribution in [0.15, 0.2) is 65.2 Å². The Morgan fingerprint density at radius 1 is 1.03 bits per heavy atom. The monoisotopic (exact) mass is 390 g/mol. The number of hydrogen-bond donors (Lipinski definition) is 1. The maximum atomic E-state index is 13.4. The molecule has 0 bridgehead atoms. The van der Waals surface area contributed by atoms with E-state index >= 15 is 0 Å². The van der Waals surface area contributed by atoms with Gasteiger partial charge >= 0.3 is 6.03 Å². The van der Waals surface area contributed by atoms with Crippen molar-refractivity contribution in [2.45, 2.75) is 32.4 Å². The van der Waals surface area contributed by atoms with Crippen LogP contribution in [0.1, 0.15) is 31.7 Å². The molecule has 1 N–H and O–H groups in total. The average Bonchev–Trinajstić information content (AvgIpc) is 3.28. The van der Waals surface area contributed by atoms with E-state index in [2.05, 4.69) is 15.5 Å². The van der Waals surface area contributed by atoms with Gasteiger partial charge in [-0.1, -0.05) is 79.7 Å². The van der Waals surface area contributed by atoms with Gasteiger partial charge in [-0.15, -0.1) is 0 Å². The van der Waals surface area contributed by atoms with Gasteiger partial charge < -0.3 is 9.84 Å². The van der Waals surface area contributed by atoms with E-state index in [9.17, 15) is 9.59 Å². The zero-order valence-electron chi connectivity index (χ0n) is 16.3. The molecule has 2 heterocycles. The Hall–Kier alpha value is -3.48. The molecule has 7 heteroatoms. The summed E-state index contributed by atoms with van der Waals surface area (Å²) in [5.74, 6) is 0.527. The van der Waals surface area contributed by atoms with E-state index in [1.807, 2.05) is 74.5 Å². The summed E-state index contributed by atoms with van der Waals surface area (Å²) in [5.41, 5.74) is 0.484. The van der Waals surface area contributed by atoms with E-state index in [0.29, 0.717) is 12.2 Å². The highest BCUT2D eigenvalue weighted by Gasteiger charge is 2.52. The highest BCUT2D eigenvalue weighted by Crippen LogP contribution is 2.35. The first-order valence-corrected chi connectivity index (χ1v) is 9.57. The molecule has 1 saturated heterocycles. The fraction of sp³-hybridized carbons (Fsp3) is 0.273. The molecular formula is C22H22N4O3. The number of carbonyl (C=O) groups excluding carboxylic acids is 2. The molecule has 0 unspecified atom stereocenters. The van der Waals surface area contributed by atoms with Crippen molar-refractivity contribution in [3.63, 3.8) is 0 Å². The Bertz CT molecular complexity index is 1020. The minimum Gasteiger partial charge on any atom is -0.337 e. The maximum absolute atomic E-state index is 13.4. The van der Waals surface area contributed by atoms with E-state index < -0.39 is 11.6 Å². The van der Waals surface area contributed by atoms with E-state index in [-0.39, 0.29) is 24.3 Å². The van der Waals surface area contributed by atoms with Crippen molar-refractivity contribution < 1.29 is 14.1 Å². The second kappa shape index (κ2) is 7.50. The van der Waals surface area contributed by atoms with Crippen LogP contribution >= 0.6 is 0 Å². The van der Waals surface area contributed by atoms with Gasteiger partial charge in [0.05, 0.1) is 0 Å². The molecule has 148 valence electrons. The third-order valence-corrected chi connectivity index (χ3v) is 4.95.